The number of ether oxygens (including phenoxy) is 1. The molecule has 2 aromatic heterocycles. The number of carbonyl (C=O) groups excluding carboxylic acids is 1. The summed E-state index contributed by atoms with van der Waals surface area (Å²) in [6.45, 7) is 1.83. The van der Waals surface area contributed by atoms with E-state index in [0.717, 1.165) is 12.3 Å². The molecule has 0 unspecified atom stereocenters. The highest BCUT2D eigenvalue weighted by atomic mass is 19.3. The second kappa shape index (κ2) is 6.43. The second-order valence-corrected chi connectivity index (χ2v) is 4.29. The summed E-state index contributed by atoms with van der Waals surface area (Å²) in [5.74, 6) is -1.37. The summed E-state index contributed by atoms with van der Waals surface area (Å²) in [5.41, 5.74) is 0.224. The lowest BCUT2D eigenvalue weighted by Gasteiger charge is -2.08. The van der Waals surface area contributed by atoms with Crippen LogP contribution in [0.1, 0.15) is 35.0 Å². The van der Waals surface area contributed by atoms with Crippen molar-refractivity contribution in [3.05, 3.63) is 53.4 Å². The summed E-state index contributed by atoms with van der Waals surface area (Å²) in [5, 5.41) is 0. The Labute approximate surface area is 119 Å². The minimum atomic E-state index is -2.70. The first-order valence-corrected chi connectivity index (χ1v) is 6.27. The van der Waals surface area contributed by atoms with Gasteiger partial charge in [-0.05, 0) is 30.7 Å². The molecular formula is C14H13F3N2O2. The molecule has 0 aromatic carbocycles. The number of hydrogen-bond donors (Lipinski definition) is 0. The van der Waals surface area contributed by atoms with Gasteiger partial charge in [0.1, 0.15) is 5.69 Å². The van der Waals surface area contributed by atoms with E-state index in [1.807, 2.05) is 0 Å². The monoisotopic (exact) mass is 298 g/mol. The quantitative estimate of drug-likeness (QED) is 0.629. The average Bonchev–Trinajstić information content (AvgIpc) is 2.83. The molecule has 0 saturated carbocycles. The van der Waals surface area contributed by atoms with Crippen LogP contribution in [0.25, 0.3) is 0 Å². The molecule has 0 saturated heterocycles. The predicted molar refractivity (Wildman–Crippen MR) is 68.6 cm³/mol. The van der Waals surface area contributed by atoms with Crippen LogP contribution in [0.15, 0.2) is 30.6 Å². The van der Waals surface area contributed by atoms with Crippen molar-refractivity contribution in [3.63, 3.8) is 0 Å². The zero-order chi connectivity index (χ0) is 15.4. The van der Waals surface area contributed by atoms with Crippen LogP contribution < -0.4 is 0 Å². The molecule has 2 heterocycles. The average molecular weight is 298 g/mol. The van der Waals surface area contributed by atoms with Gasteiger partial charge < -0.3 is 9.30 Å². The van der Waals surface area contributed by atoms with Crippen molar-refractivity contribution in [1.82, 2.24) is 9.55 Å². The van der Waals surface area contributed by atoms with Gasteiger partial charge in [0.15, 0.2) is 0 Å². The Morgan fingerprint density at radius 3 is 2.81 bits per heavy atom. The van der Waals surface area contributed by atoms with Crippen LogP contribution in [-0.2, 0) is 11.3 Å². The van der Waals surface area contributed by atoms with E-state index in [9.17, 15) is 18.0 Å². The molecule has 0 atom stereocenters. The van der Waals surface area contributed by atoms with Gasteiger partial charge in [0, 0.05) is 24.5 Å². The number of alkyl halides is 2. The Kier molecular flexibility index (Phi) is 4.62. The molecule has 112 valence electrons. The molecule has 0 radical (unpaired) electrons. The molecule has 0 aliphatic heterocycles. The van der Waals surface area contributed by atoms with E-state index < -0.39 is 18.3 Å². The van der Waals surface area contributed by atoms with Crippen molar-refractivity contribution in [3.8, 4) is 0 Å². The molecular weight excluding hydrogens is 285 g/mol. The molecule has 2 aromatic rings. The number of nitrogens with zero attached hydrogens (tertiary/aromatic N) is 2. The first kappa shape index (κ1) is 15.1. The van der Waals surface area contributed by atoms with Gasteiger partial charge in [-0.15, -0.1) is 0 Å². The van der Waals surface area contributed by atoms with Crippen molar-refractivity contribution in [2.45, 2.75) is 19.9 Å². The van der Waals surface area contributed by atoms with Crippen LogP contribution in [0.3, 0.4) is 0 Å². The highest BCUT2D eigenvalue weighted by Crippen LogP contribution is 2.23. The minimum Gasteiger partial charge on any atom is -0.461 e. The molecule has 0 N–H and O–H groups in total. The van der Waals surface area contributed by atoms with Gasteiger partial charge >= 0.3 is 5.97 Å². The number of esters is 1. The zero-order valence-corrected chi connectivity index (χ0v) is 11.2. The third kappa shape index (κ3) is 3.62. The second-order valence-electron chi connectivity index (χ2n) is 4.29. The summed E-state index contributed by atoms with van der Waals surface area (Å²) >= 11 is 0. The van der Waals surface area contributed by atoms with Crippen molar-refractivity contribution >= 4 is 5.97 Å². The van der Waals surface area contributed by atoms with Crippen LogP contribution >= 0.6 is 0 Å². The van der Waals surface area contributed by atoms with Gasteiger partial charge in [0.2, 0.25) is 5.95 Å². The highest BCUT2D eigenvalue weighted by Gasteiger charge is 2.19. The Morgan fingerprint density at radius 2 is 2.19 bits per heavy atom. The van der Waals surface area contributed by atoms with Crippen LogP contribution in [-0.4, -0.2) is 22.1 Å². The van der Waals surface area contributed by atoms with Crippen LogP contribution in [0.2, 0.25) is 0 Å². The van der Waals surface area contributed by atoms with E-state index in [4.69, 9.17) is 4.74 Å². The normalized spacial score (nSPS) is 10.9. The van der Waals surface area contributed by atoms with E-state index in [0.29, 0.717) is 5.56 Å². The molecule has 0 amide bonds. The first-order chi connectivity index (χ1) is 10.0. The maximum atomic E-state index is 13.1. The molecule has 0 spiro atoms. The zero-order valence-electron chi connectivity index (χ0n) is 11.2. The van der Waals surface area contributed by atoms with E-state index in [2.05, 4.69) is 4.98 Å². The molecule has 0 aliphatic rings. The minimum absolute atomic E-state index is 0.00405. The van der Waals surface area contributed by atoms with Crippen molar-refractivity contribution < 1.29 is 22.7 Å². The highest BCUT2D eigenvalue weighted by molar-refractivity contribution is 5.88. The number of halogens is 3. The van der Waals surface area contributed by atoms with Crippen molar-refractivity contribution in [1.29, 1.82) is 0 Å². The lowest BCUT2D eigenvalue weighted by atomic mass is 10.2. The Bertz CT molecular complexity index is 641. The Balaban J connectivity index is 2.34. The topological polar surface area (TPSA) is 44.1 Å². The van der Waals surface area contributed by atoms with E-state index in [1.54, 1.807) is 13.0 Å². The van der Waals surface area contributed by atoms with E-state index >= 15 is 0 Å². The standard InChI is InChI=1S/C14H13F3N2O2/c1-2-21-14(20)11-6-10(13(16)17)8-19(11)7-9-3-4-18-12(15)5-9/h3-6,8,13H,2,7H2,1H3. The Morgan fingerprint density at radius 1 is 1.43 bits per heavy atom. The molecule has 0 fully saturated rings. The predicted octanol–water partition coefficient (Wildman–Crippen LogP) is 3.18. The summed E-state index contributed by atoms with van der Waals surface area (Å²) in [4.78, 5) is 15.2. The molecule has 4 nitrogen and oxygen atoms in total. The summed E-state index contributed by atoms with van der Waals surface area (Å²) in [6.07, 6.45) is -0.268. The lowest BCUT2D eigenvalue weighted by Crippen LogP contribution is -2.12. The number of hydrogen-bond acceptors (Lipinski definition) is 3. The summed E-state index contributed by atoms with van der Waals surface area (Å²) in [6, 6.07) is 3.80. The van der Waals surface area contributed by atoms with Gasteiger partial charge in [0.05, 0.1) is 6.61 Å². The van der Waals surface area contributed by atoms with E-state index in [1.165, 1.54) is 16.8 Å². The van der Waals surface area contributed by atoms with Gasteiger partial charge in [-0.1, -0.05) is 0 Å². The van der Waals surface area contributed by atoms with Crippen molar-refractivity contribution in [2.24, 2.45) is 0 Å². The first-order valence-electron chi connectivity index (χ1n) is 6.27. The van der Waals surface area contributed by atoms with Gasteiger partial charge in [0.25, 0.3) is 6.43 Å². The summed E-state index contributed by atoms with van der Waals surface area (Å²) in [7, 11) is 0. The van der Waals surface area contributed by atoms with Gasteiger partial charge in [-0.25, -0.2) is 18.6 Å². The number of rotatable bonds is 5. The molecule has 7 heteroatoms. The van der Waals surface area contributed by atoms with Gasteiger partial charge in [-0.2, -0.15) is 4.39 Å². The molecule has 2 rings (SSSR count). The third-order valence-electron chi connectivity index (χ3n) is 2.80. The molecule has 0 bridgehead atoms. The number of pyridine rings is 1. The lowest BCUT2D eigenvalue weighted by molar-refractivity contribution is 0.0514. The van der Waals surface area contributed by atoms with Crippen LogP contribution in [0.4, 0.5) is 13.2 Å². The maximum absolute atomic E-state index is 13.1. The number of carbonyl (C=O) groups is 1. The fraction of sp³-hybridized carbons (Fsp3) is 0.286. The summed E-state index contributed by atoms with van der Waals surface area (Å²) < 4.78 is 44.8. The van der Waals surface area contributed by atoms with Crippen LogP contribution in [0.5, 0.6) is 0 Å². The Hall–Kier alpha value is -2.31. The molecule has 0 aliphatic carbocycles. The fourth-order valence-electron chi connectivity index (χ4n) is 1.90. The third-order valence-corrected chi connectivity index (χ3v) is 2.80. The fourth-order valence-corrected chi connectivity index (χ4v) is 1.90. The maximum Gasteiger partial charge on any atom is 0.354 e. The van der Waals surface area contributed by atoms with E-state index in [-0.39, 0.29) is 24.4 Å². The van der Waals surface area contributed by atoms with Gasteiger partial charge in [-0.3, -0.25) is 0 Å². The smallest absolute Gasteiger partial charge is 0.354 e. The van der Waals surface area contributed by atoms with Crippen LogP contribution in [0, 0.1) is 5.95 Å². The SMILES string of the molecule is CCOC(=O)c1cc(C(F)F)cn1Cc1ccnc(F)c1. The number of aromatic nitrogens is 2. The molecule has 21 heavy (non-hydrogen) atoms. The van der Waals surface area contributed by atoms with Crippen molar-refractivity contribution in [2.75, 3.05) is 6.61 Å². The largest absolute Gasteiger partial charge is 0.461 e.